The van der Waals surface area contributed by atoms with Gasteiger partial charge in [0.05, 0.1) is 0 Å². The van der Waals surface area contributed by atoms with Gasteiger partial charge in [0.15, 0.2) is 0 Å². The first-order chi connectivity index (χ1) is 8.20. The summed E-state index contributed by atoms with van der Waals surface area (Å²) < 4.78 is 2.39. The summed E-state index contributed by atoms with van der Waals surface area (Å²) in [5.41, 5.74) is 7.05. The average Bonchev–Trinajstić information content (AvgIpc) is 2.33. The summed E-state index contributed by atoms with van der Waals surface area (Å²) in [6, 6.07) is 6.95. The Bertz CT molecular complexity index is 384. The van der Waals surface area contributed by atoms with Crippen molar-refractivity contribution in [2.45, 2.75) is 31.7 Å². The minimum atomic E-state index is 0.533. The monoisotopic (exact) mass is 408 g/mol. The van der Waals surface area contributed by atoms with E-state index in [9.17, 15) is 0 Å². The summed E-state index contributed by atoms with van der Waals surface area (Å²) in [7, 11) is 0. The molecule has 1 saturated carbocycles. The van der Waals surface area contributed by atoms with Crippen LogP contribution in [0, 0.1) is 9.49 Å². The van der Waals surface area contributed by atoms with Crippen molar-refractivity contribution in [3.05, 3.63) is 26.2 Å². The molecule has 1 aliphatic rings. The van der Waals surface area contributed by atoms with E-state index in [4.69, 9.17) is 5.73 Å². The molecule has 0 bridgehead atoms. The normalized spacial score (nSPS) is 24.6. The highest BCUT2D eigenvalue weighted by molar-refractivity contribution is 14.1. The topological polar surface area (TPSA) is 38.0 Å². The van der Waals surface area contributed by atoms with Crippen molar-refractivity contribution in [2.75, 3.05) is 11.9 Å². The van der Waals surface area contributed by atoms with E-state index in [0.29, 0.717) is 12.0 Å². The molecule has 0 heterocycles. The van der Waals surface area contributed by atoms with Gasteiger partial charge in [0.2, 0.25) is 0 Å². The number of halogens is 2. The summed E-state index contributed by atoms with van der Waals surface area (Å²) >= 11 is 5.94. The molecule has 2 atom stereocenters. The fourth-order valence-electron chi connectivity index (χ4n) is 2.49. The van der Waals surface area contributed by atoms with Gasteiger partial charge >= 0.3 is 0 Å². The van der Waals surface area contributed by atoms with Crippen LogP contribution in [0.3, 0.4) is 0 Å². The minimum absolute atomic E-state index is 0.533. The molecular formula is C13H18BrIN2. The maximum absolute atomic E-state index is 5.86. The molecule has 0 aliphatic heterocycles. The lowest BCUT2D eigenvalue weighted by molar-refractivity contribution is 0.332. The van der Waals surface area contributed by atoms with Gasteiger partial charge in [-0.25, -0.2) is 0 Å². The maximum atomic E-state index is 5.86. The van der Waals surface area contributed by atoms with Crippen molar-refractivity contribution >= 4 is 44.2 Å². The zero-order valence-electron chi connectivity index (χ0n) is 9.76. The smallest absolute Gasteiger partial charge is 0.0487 e. The molecule has 0 spiro atoms. The van der Waals surface area contributed by atoms with E-state index in [-0.39, 0.29) is 0 Å². The fraction of sp³-hybridized carbons (Fsp3) is 0.538. The largest absolute Gasteiger partial charge is 0.381 e. The summed E-state index contributed by atoms with van der Waals surface area (Å²) in [5.74, 6) is 0.620. The Hall–Kier alpha value is 0.190. The van der Waals surface area contributed by atoms with Crippen molar-refractivity contribution in [2.24, 2.45) is 11.7 Å². The molecule has 1 aromatic rings. The zero-order valence-corrected chi connectivity index (χ0v) is 13.5. The second kappa shape index (κ2) is 6.38. The Balaban J connectivity index is 2.08. The van der Waals surface area contributed by atoms with Gasteiger partial charge in [-0.1, -0.05) is 12.8 Å². The molecule has 2 unspecified atom stereocenters. The predicted molar refractivity (Wildman–Crippen MR) is 85.3 cm³/mol. The summed E-state index contributed by atoms with van der Waals surface area (Å²) in [6.45, 7) is 0.791. The molecule has 1 fully saturated rings. The standard InChI is InChI=1S/C13H18BrIN2/c14-11-7-10(15)5-6-13(11)17-12-4-2-1-3-9(12)8-16/h5-7,9,12,17H,1-4,8,16H2. The Labute approximate surface area is 125 Å². The van der Waals surface area contributed by atoms with Crippen LogP contribution in [0.15, 0.2) is 22.7 Å². The molecule has 4 heteroatoms. The van der Waals surface area contributed by atoms with E-state index in [1.54, 1.807) is 0 Å². The third-order valence-electron chi connectivity index (χ3n) is 3.48. The van der Waals surface area contributed by atoms with E-state index >= 15 is 0 Å². The van der Waals surface area contributed by atoms with Gasteiger partial charge in [-0.3, -0.25) is 0 Å². The number of anilines is 1. The molecule has 0 aromatic heterocycles. The van der Waals surface area contributed by atoms with Crippen molar-refractivity contribution in [1.82, 2.24) is 0 Å². The van der Waals surface area contributed by atoms with Gasteiger partial charge in [0.1, 0.15) is 0 Å². The average molecular weight is 409 g/mol. The Morgan fingerprint density at radius 3 is 2.82 bits per heavy atom. The third-order valence-corrected chi connectivity index (χ3v) is 4.81. The summed E-state index contributed by atoms with van der Waals surface area (Å²) in [6.07, 6.45) is 5.14. The van der Waals surface area contributed by atoms with Crippen molar-refractivity contribution in [3.8, 4) is 0 Å². The second-order valence-corrected chi connectivity index (χ2v) is 6.76. The van der Waals surface area contributed by atoms with E-state index < -0.39 is 0 Å². The molecule has 0 saturated heterocycles. The Kier molecular flexibility index (Phi) is 5.11. The van der Waals surface area contributed by atoms with E-state index in [2.05, 4.69) is 62.0 Å². The van der Waals surface area contributed by atoms with Gasteiger partial charge in [-0.05, 0) is 82.0 Å². The van der Waals surface area contributed by atoms with Crippen LogP contribution < -0.4 is 11.1 Å². The number of nitrogens with two attached hydrogens (primary N) is 1. The van der Waals surface area contributed by atoms with Crippen LogP contribution in [0.5, 0.6) is 0 Å². The summed E-state index contributed by atoms with van der Waals surface area (Å²) in [5, 5.41) is 3.65. The molecule has 94 valence electrons. The molecule has 0 radical (unpaired) electrons. The highest BCUT2D eigenvalue weighted by atomic mass is 127. The van der Waals surface area contributed by atoms with Crippen LogP contribution >= 0.6 is 38.5 Å². The lowest BCUT2D eigenvalue weighted by Crippen LogP contribution is -2.36. The molecular weight excluding hydrogens is 391 g/mol. The van der Waals surface area contributed by atoms with Gasteiger partial charge < -0.3 is 11.1 Å². The first-order valence-corrected chi connectivity index (χ1v) is 7.99. The summed E-state index contributed by atoms with van der Waals surface area (Å²) in [4.78, 5) is 0. The lowest BCUT2D eigenvalue weighted by atomic mass is 9.84. The van der Waals surface area contributed by atoms with Crippen LogP contribution in [-0.2, 0) is 0 Å². The predicted octanol–water partition coefficient (Wildman–Crippen LogP) is 3.98. The van der Waals surface area contributed by atoms with Gasteiger partial charge in [-0.2, -0.15) is 0 Å². The van der Waals surface area contributed by atoms with E-state index in [1.165, 1.54) is 34.9 Å². The third kappa shape index (κ3) is 3.58. The first kappa shape index (κ1) is 13.6. The quantitative estimate of drug-likeness (QED) is 0.742. The second-order valence-electron chi connectivity index (χ2n) is 4.66. The Morgan fingerprint density at radius 2 is 2.12 bits per heavy atom. The molecule has 2 nitrogen and oxygen atoms in total. The lowest BCUT2D eigenvalue weighted by Gasteiger charge is -2.32. The number of benzene rings is 1. The zero-order chi connectivity index (χ0) is 12.3. The fourth-order valence-corrected chi connectivity index (χ4v) is 3.90. The van der Waals surface area contributed by atoms with Crippen LogP contribution in [0.1, 0.15) is 25.7 Å². The SMILES string of the molecule is NCC1CCCCC1Nc1ccc(I)cc1Br. The highest BCUT2D eigenvalue weighted by Gasteiger charge is 2.24. The highest BCUT2D eigenvalue weighted by Crippen LogP contribution is 2.30. The number of hydrogen-bond acceptors (Lipinski definition) is 2. The first-order valence-electron chi connectivity index (χ1n) is 6.12. The van der Waals surface area contributed by atoms with Crippen LogP contribution in [-0.4, -0.2) is 12.6 Å². The van der Waals surface area contributed by atoms with E-state index in [0.717, 1.165) is 11.0 Å². The van der Waals surface area contributed by atoms with Crippen molar-refractivity contribution in [1.29, 1.82) is 0 Å². The van der Waals surface area contributed by atoms with Crippen molar-refractivity contribution < 1.29 is 0 Å². The van der Waals surface area contributed by atoms with Crippen LogP contribution in [0.2, 0.25) is 0 Å². The number of rotatable bonds is 3. The maximum Gasteiger partial charge on any atom is 0.0487 e. The van der Waals surface area contributed by atoms with Gasteiger partial charge in [0.25, 0.3) is 0 Å². The molecule has 1 aromatic carbocycles. The minimum Gasteiger partial charge on any atom is -0.381 e. The Morgan fingerprint density at radius 1 is 1.35 bits per heavy atom. The molecule has 17 heavy (non-hydrogen) atoms. The van der Waals surface area contributed by atoms with E-state index in [1.807, 2.05) is 0 Å². The van der Waals surface area contributed by atoms with Crippen LogP contribution in [0.25, 0.3) is 0 Å². The molecule has 2 rings (SSSR count). The van der Waals surface area contributed by atoms with Gasteiger partial charge in [-0.15, -0.1) is 0 Å². The van der Waals surface area contributed by atoms with Crippen molar-refractivity contribution in [3.63, 3.8) is 0 Å². The van der Waals surface area contributed by atoms with Crippen LogP contribution in [0.4, 0.5) is 5.69 Å². The number of hydrogen-bond donors (Lipinski definition) is 2. The molecule has 1 aliphatic carbocycles. The van der Waals surface area contributed by atoms with Gasteiger partial charge in [0, 0.05) is 19.8 Å². The molecule has 3 N–H and O–H groups in total. The number of nitrogens with one attached hydrogen (secondary N) is 1. The molecule has 0 amide bonds.